The lowest BCUT2D eigenvalue weighted by molar-refractivity contribution is 0.0850. The highest BCUT2D eigenvalue weighted by atomic mass is 16.3. The Labute approximate surface area is 122 Å². The SMILES string of the molecule is CCC(C)C(O)CNC(=O)c1ccc2c(c1)[nH]c(=O)n2C. The van der Waals surface area contributed by atoms with E-state index in [9.17, 15) is 14.7 Å². The van der Waals surface area contributed by atoms with Crippen molar-refractivity contribution in [3.8, 4) is 0 Å². The van der Waals surface area contributed by atoms with E-state index in [0.29, 0.717) is 11.1 Å². The van der Waals surface area contributed by atoms with Crippen molar-refractivity contribution < 1.29 is 9.90 Å². The number of amides is 1. The number of nitrogens with zero attached hydrogens (tertiary/aromatic N) is 1. The van der Waals surface area contributed by atoms with Crippen LogP contribution < -0.4 is 11.0 Å². The van der Waals surface area contributed by atoms with Crippen LogP contribution in [0.15, 0.2) is 23.0 Å². The smallest absolute Gasteiger partial charge is 0.326 e. The topological polar surface area (TPSA) is 87.1 Å². The maximum absolute atomic E-state index is 12.1. The van der Waals surface area contributed by atoms with Crippen LogP contribution in [0.5, 0.6) is 0 Å². The van der Waals surface area contributed by atoms with Crippen LogP contribution in [-0.2, 0) is 7.05 Å². The van der Waals surface area contributed by atoms with Crippen LogP contribution in [0.3, 0.4) is 0 Å². The highest BCUT2D eigenvalue weighted by molar-refractivity contribution is 5.97. The number of aromatic amines is 1. The normalized spacial score (nSPS) is 14.1. The number of hydrogen-bond acceptors (Lipinski definition) is 3. The molecular formula is C15H21N3O3. The molecule has 1 amide bonds. The van der Waals surface area contributed by atoms with E-state index in [1.54, 1.807) is 25.2 Å². The highest BCUT2D eigenvalue weighted by Gasteiger charge is 2.14. The van der Waals surface area contributed by atoms with E-state index in [1.165, 1.54) is 4.57 Å². The largest absolute Gasteiger partial charge is 0.391 e. The van der Waals surface area contributed by atoms with E-state index in [0.717, 1.165) is 11.9 Å². The van der Waals surface area contributed by atoms with E-state index < -0.39 is 6.10 Å². The fourth-order valence-electron chi connectivity index (χ4n) is 2.15. The molecule has 0 aliphatic carbocycles. The zero-order valence-corrected chi connectivity index (χ0v) is 12.5. The Morgan fingerprint density at radius 1 is 1.48 bits per heavy atom. The van der Waals surface area contributed by atoms with Crippen molar-refractivity contribution in [2.24, 2.45) is 13.0 Å². The third-order valence-electron chi connectivity index (χ3n) is 3.94. The molecule has 3 N–H and O–H groups in total. The number of benzene rings is 1. The molecule has 2 aromatic rings. The summed E-state index contributed by atoms with van der Waals surface area (Å²) in [6, 6.07) is 5.04. The van der Waals surface area contributed by atoms with Crippen molar-refractivity contribution in [2.45, 2.75) is 26.4 Å². The molecule has 0 bridgehead atoms. The molecule has 0 fully saturated rings. The fourth-order valence-corrected chi connectivity index (χ4v) is 2.15. The van der Waals surface area contributed by atoms with Crippen LogP contribution in [0, 0.1) is 5.92 Å². The molecule has 0 saturated carbocycles. The average molecular weight is 291 g/mol. The lowest BCUT2D eigenvalue weighted by Gasteiger charge is -2.17. The number of aliphatic hydroxyl groups excluding tert-OH is 1. The summed E-state index contributed by atoms with van der Waals surface area (Å²) in [7, 11) is 1.67. The second-order valence-electron chi connectivity index (χ2n) is 5.38. The molecule has 21 heavy (non-hydrogen) atoms. The molecule has 0 radical (unpaired) electrons. The van der Waals surface area contributed by atoms with E-state index in [4.69, 9.17) is 0 Å². The molecule has 1 aromatic carbocycles. The quantitative estimate of drug-likeness (QED) is 0.768. The second kappa shape index (κ2) is 6.13. The number of rotatable bonds is 5. The fraction of sp³-hybridized carbons (Fsp3) is 0.467. The second-order valence-corrected chi connectivity index (χ2v) is 5.38. The molecule has 0 aliphatic heterocycles. The van der Waals surface area contributed by atoms with Gasteiger partial charge in [-0.1, -0.05) is 20.3 Å². The molecule has 2 atom stereocenters. The van der Waals surface area contributed by atoms with Gasteiger partial charge in [0.05, 0.1) is 17.1 Å². The van der Waals surface area contributed by atoms with Crippen molar-refractivity contribution >= 4 is 16.9 Å². The number of imidazole rings is 1. The van der Waals surface area contributed by atoms with Crippen molar-refractivity contribution in [1.29, 1.82) is 0 Å². The molecule has 6 nitrogen and oxygen atoms in total. The summed E-state index contributed by atoms with van der Waals surface area (Å²) in [5.41, 5.74) is 1.62. The molecule has 1 aromatic heterocycles. The standard InChI is InChI=1S/C15H21N3O3/c1-4-9(2)13(19)8-16-14(20)10-5-6-12-11(7-10)17-15(21)18(12)3/h5-7,9,13,19H,4,8H2,1-3H3,(H,16,20)(H,17,21). The van der Waals surface area contributed by atoms with Gasteiger partial charge in [-0.05, 0) is 24.1 Å². The predicted molar refractivity (Wildman–Crippen MR) is 81.3 cm³/mol. The summed E-state index contributed by atoms with van der Waals surface area (Å²) in [4.78, 5) is 26.3. The zero-order valence-electron chi connectivity index (χ0n) is 12.5. The molecule has 6 heteroatoms. The molecule has 2 rings (SSSR count). The molecule has 2 unspecified atom stereocenters. The molecule has 0 saturated heterocycles. The molecular weight excluding hydrogens is 270 g/mol. The Kier molecular flexibility index (Phi) is 4.47. The number of aryl methyl sites for hydroxylation is 1. The van der Waals surface area contributed by atoms with Crippen molar-refractivity contribution in [3.63, 3.8) is 0 Å². The molecule has 1 heterocycles. The first-order valence-electron chi connectivity index (χ1n) is 7.09. The number of nitrogens with one attached hydrogen (secondary N) is 2. The van der Waals surface area contributed by atoms with Gasteiger partial charge in [0.25, 0.3) is 5.91 Å². The van der Waals surface area contributed by atoms with Crippen LogP contribution in [-0.4, -0.2) is 33.2 Å². The predicted octanol–water partition coefficient (Wildman–Crippen LogP) is 1.00. The van der Waals surface area contributed by atoms with Gasteiger partial charge >= 0.3 is 5.69 Å². The first-order valence-corrected chi connectivity index (χ1v) is 7.09. The van der Waals surface area contributed by atoms with Crippen molar-refractivity contribution in [2.75, 3.05) is 6.54 Å². The van der Waals surface area contributed by atoms with Gasteiger partial charge in [0.1, 0.15) is 0 Å². The lowest BCUT2D eigenvalue weighted by atomic mass is 10.0. The van der Waals surface area contributed by atoms with Gasteiger partial charge in [-0.2, -0.15) is 0 Å². The molecule has 0 aliphatic rings. The zero-order chi connectivity index (χ0) is 15.6. The van der Waals surface area contributed by atoms with Gasteiger partial charge in [-0.3, -0.25) is 9.36 Å². The van der Waals surface area contributed by atoms with Gasteiger partial charge in [0.2, 0.25) is 0 Å². The minimum Gasteiger partial charge on any atom is -0.391 e. The number of carbonyl (C=O) groups is 1. The summed E-state index contributed by atoms with van der Waals surface area (Å²) in [6.45, 7) is 4.16. The Hall–Kier alpha value is -2.08. The van der Waals surface area contributed by atoms with E-state index in [-0.39, 0.29) is 24.1 Å². The van der Waals surface area contributed by atoms with Crippen LogP contribution in [0.1, 0.15) is 30.6 Å². The first kappa shape index (κ1) is 15.3. The van der Waals surface area contributed by atoms with Gasteiger partial charge in [-0.25, -0.2) is 4.79 Å². The summed E-state index contributed by atoms with van der Waals surface area (Å²) in [6.07, 6.45) is 0.299. The maximum Gasteiger partial charge on any atom is 0.326 e. The van der Waals surface area contributed by atoms with Crippen LogP contribution in [0.4, 0.5) is 0 Å². The average Bonchev–Trinajstić information content (AvgIpc) is 2.77. The molecule has 0 spiro atoms. The van der Waals surface area contributed by atoms with Gasteiger partial charge < -0.3 is 15.4 Å². The minimum atomic E-state index is -0.556. The summed E-state index contributed by atoms with van der Waals surface area (Å²) in [5.74, 6) is -0.123. The summed E-state index contributed by atoms with van der Waals surface area (Å²) >= 11 is 0. The minimum absolute atomic E-state index is 0.137. The summed E-state index contributed by atoms with van der Waals surface area (Å²) < 4.78 is 1.49. The Morgan fingerprint density at radius 3 is 2.86 bits per heavy atom. The number of fused-ring (bicyclic) bond motifs is 1. The van der Waals surface area contributed by atoms with E-state index >= 15 is 0 Å². The van der Waals surface area contributed by atoms with Gasteiger partial charge in [0, 0.05) is 19.2 Å². The van der Waals surface area contributed by atoms with Crippen LogP contribution >= 0.6 is 0 Å². The maximum atomic E-state index is 12.1. The van der Waals surface area contributed by atoms with E-state index in [1.807, 2.05) is 13.8 Å². The Bertz CT molecular complexity index is 702. The van der Waals surface area contributed by atoms with Crippen LogP contribution in [0.25, 0.3) is 11.0 Å². The van der Waals surface area contributed by atoms with Gasteiger partial charge in [0.15, 0.2) is 0 Å². The lowest BCUT2D eigenvalue weighted by Crippen LogP contribution is -2.35. The number of carbonyl (C=O) groups excluding carboxylic acids is 1. The highest BCUT2D eigenvalue weighted by Crippen LogP contribution is 2.12. The van der Waals surface area contributed by atoms with Crippen molar-refractivity contribution in [3.05, 3.63) is 34.2 Å². The van der Waals surface area contributed by atoms with Gasteiger partial charge in [-0.15, -0.1) is 0 Å². The van der Waals surface area contributed by atoms with Crippen LogP contribution in [0.2, 0.25) is 0 Å². The monoisotopic (exact) mass is 291 g/mol. The van der Waals surface area contributed by atoms with Crippen molar-refractivity contribution in [1.82, 2.24) is 14.9 Å². The molecule has 114 valence electrons. The summed E-state index contributed by atoms with van der Waals surface area (Å²) in [5, 5.41) is 12.6. The third kappa shape index (κ3) is 3.16. The number of aliphatic hydroxyl groups is 1. The van der Waals surface area contributed by atoms with E-state index in [2.05, 4.69) is 10.3 Å². The number of hydrogen-bond donors (Lipinski definition) is 3. The number of aromatic nitrogens is 2. The Balaban J connectivity index is 2.11. The first-order chi connectivity index (χ1) is 9.93. The third-order valence-corrected chi connectivity index (χ3v) is 3.94. The number of H-pyrrole nitrogens is 1. The Morgan fingerprint density at radius 2 is 2.19 bits per heavy atom.